The third kappa shape index (κ3) is 1.67. The second kappa shape index (κ2) is 3.78. The molecule has 2 aliphatic rings. The minimum atomic E-state index is 0.622. The summed E-state index contributed by atoms with van der Waals surface area (Å²) in [6, 6.07) is 0. The summed E-state index contributed by atoms with van der Waals surface area (Å²) < 4.78 is 0. The fraction of sp³-hybridized carbons (Fsp3) is 0.385. The minimum Gasteiger partial charge on any atom is -0.0767 e. The van der Waals surface area contributed by atoms with E-state index in [1.165, 1.54) is 12.8 Å². The summed E-state index contributed by atoms with van der Waals surface area (Å²) >= 11 is 0. The van der Waals surface area contributed by atoms with E-state index in [-0.39, 0.29) is 0 Å². The average molecular weight is 172 g/mol. The molecule has 0 saturated carbocycles. The quantitative estimate of drug-likeness (QED) is 0.596. The molecule has 0 nitrogen and oxygen atoms in total. The van der Waals surface area contributed by atoms with Gasteiger partial charge in [-0.1, -0.05) is 61.4 Å². The molecule has 0 aromatic heterocycles. The average Bonchev–Trinajstić information content (AvgIpc) is 2.19. The molecular formula is C13H16. The van der Waals surface area contributed by atoms with Gasteiger partial charge in [0, 0.05) is 11.8 Å². The van der Waals surface area contributed by atoms with Crippen molar-refractivity contribution in [2.75, 3.05) is 0 Å². The van der Waals surface area contributed by atoms with Gasteiger partial charge < -0.3 is 0 Å². The topological polar surface area (TPSA) is 0 Å². The maximum atomic E-state index is 2.33. The normalized spacial score (nSPS) is 30.1. The van der Waals surface area contributed by atoms with Gasteiger partial charge in [0.2, 0.25) is 0 Å². The van der Waals surface area contributed by atoms with E-state index in [2.05, 4.69) is 49.5 Å². The van der Waals surface area contributed by atoms with Crippen molar-refractivity contribution in [2.45, 2.75) is 19.8 Å². The monoisotopic (exact) mass is 172 g/mol. The molecule has 0 aromatic rings. The number of fused-ring (bicyclic) bond motifs is 1. The van der Waals surface area contributed by atoms with Crippen molar-refractivity contribution in [3.8, 4) is 0 Å². The predicted octanol–water partition coefficient (Wildman–Crippen LogP) is 3.64. The van der Waals surface area contributed by atoms with E-state index in [1.54, 1.807) is 5.57 Å². The zero-order valence-corrected chi connectivity index (χ0v) is 8.11. The van der Waals surface area contributed by atoms with E-state index < -0.39 is 0 Å². The van der Waals surface area contributed by atoms with Gasteiger partial charge >= 0.3 is 0 Å². The van der Waals surface area contributed by atoms with E-state index in [0.717, 1.165) is 0 Å². The van der Waals surface area contributed by atoms with Crippen LogP contribution in [0.2, 0.25) is 0 Å². The molecule has 0 radical (unpaired) electrons. The Morgan fingerprint density at radius 3 is 2.69 bits per heavy atom. The lowest BCUT2D eigenvalue weighted by molar-refractivity contribution is 0.593. The lowest BCUT2D eigenvalue weighted by Gasteiger charge is -2.26. The van der Waals surface area contributed by atoms with Crippen molar-refractivity contribution < 1.29 is 0 Å². The molecule has 0 heteroatoms. The van der Waals surface area contributed by atoms with Crippen LogP contribution in [-0.2, 0) is 0 Å². The molecule has 2 aliphatic carbocycles. The summed E-state index contributed by atoms with van der Waals surface area (Å²) in [4.78, 5) is 0. The molecule has 68 valence electrons. The highest BCUT2D eigenvalue weighted by Crippen LogP contribution is 2.33. The summed E-state index contributed by atoms with van der Waals surface area (Å²) in [6.07, 6.45) is 18.2. The molecule has 0 aliphatic heterocycles. The molecular weight excluding hydrogens is 156 g/mol. The standard InChI is InChI=1S/C13H16/c1-2-6-11-8-5-9-12-7-3-4-10-13(11)12/h3-5,7-10,12-13H,2,6H2,1H3. The van der Waals surface area contributed by atoms with E-state index in [0.29, 0.717) is 11.8 Å². The first-order valence-electron chi connectivity index (χ1n) is 5.14. The van der Waals surface area contributed by atoms with Crippen molar-refractivity contribution in [1.29, 1.82) is 0 Å². The Hall–Kier alpha value is -1.04. The van der Waals surface area contributed by atoms with Crippen LogP contribution in [0.25, 0.3) is 0 Å². The lowest BCUT2D eigenvalue weighted by Crippen LogP contribution is -2.15. The Kier molecular flexibility index (Phi) is 2.49. The summed E-state index contributed by atoms with van der Waals surface area (Å²) in [5.41, 5.74) is 1.59. The molecule has 0 aromatic carbocycles. The smallest absolute Gasteiger partial charge is 0.00808 e. The van der Waals surface area contributed by atoms with E-state index >= 15 is 0 Å². The Balaban J connectivity index is 2.19. The molecule has 2 unspecified atom stereocenters. The Labute approximate surface area is 80.3 Å². The highest BCUT2D eigenvalue weighted by atomic mass is 14.2. The van der Waals surface area contributed by atoms with Crippen molar-refractivity contribution in [1.82, 2.24) is 0 Å². The molecule has 0 bridgehead atoms. The van der Waals surface area contributed by atoms with Crippen molar-refractivity contribution in [3.05, 3.63) is 48.1 Å². The van der Waals surface area contributed by atoms with E-state index in [1.807, 2.05) is 0 Å². The molecule has 0 heterocycles. The minimum absolute atomic E-state index is 0.622. The van der Waals surface area contributed by atoms with Gasteiger partial charge in [-0.15, -0.1) is 0 Å². The van der Waals surface area contributed by atoms with Crippen LogP contribution >= 0.6 is 0 Å². The summed E-state index contributed by atoms with van der Waals surface area (Å²) in [7, 11) is 0. The fourth-order valence-electron chi connectivity index (χ4n) is 2.14. The number of allylic oxidation sites excluding steroid dienone is 8. The van der Waals surface area contributed by atoms with Crippen LogP contribution in [-0.4, -0.2) is 0 Å². The van der Waals surface area contributed by atoms with Gasteiger partial charge in [-0.05, 0) is 6.42 Å². The molecule has 13 heavy (non-hydrogen) atoms. The van der Waals surface area contributed by atoms with Gasteiger partial charge in [0.1, 0.15) is 0 Å². The number of hydrogen-bond donors (Lipinski definition) is 0. The maximum Gasteiger partial charge on any atom is 0.00808 e. The van der Waals surface area contributed by atoms with Gasteiger partial charge in [0.05, 0.1) is 0 Å². The van der Waals surface area contributed by atoms with Crippen LogP contribution < -0.4 is 0 Å². The number of rotatable bonds is 2. The van der Waals surface area contributed by atoms with E-state index in [4.69, 9.17) is 0 Å². The van der Waals surface area contributed by atoms with Gasteiger partial charge in [-0.2, -0.15) is 0 Å². The third-order valence-corrected chi connectivity index (χ3v) is 2.79. The third-order valence-electron chi connectivity index (χ3n) is 2.79. The number of hydrogen-bond acceptors (Lipinski definition) is 0. The van der Waals surface area contributed by atoms with Gasteiger partial charge in [-0.25, -0.2) is 0 Å². The lowest BCUT2D eigenvalue weighted by atomic mass is 9.78. The summed E-state index contributed by atoms with van der Waals surface area (Å²) in [6.45, 7) is 2.25. The predicted molar refractivity (Wildman–Crippen MR) is 57.4 cm³/mol. The molecule has 2 atom stereocenters. The summed E-state index contributed by atoms with van der Waals surface area (Å²) in [5.74, 6) is 1.27. The van der Waals surface area contributed by atoms with Crippen LogP contribution in [0, 0.1) is 11.8 Å². The zero-order valence-electron chi connectivity index (χ0n) is 8.11. The van der Waals surface area contributed by atoms with Gasteiger partial charge in [-0.3, -0.25) is 0 Å². The van der Waals surface area contributed by atoms with Crippen molar-refractivity contribution in [2.24, 2.45) is 11.8 Å². The van der Waals surface area contributed by atoms with Gasteiger partial charge in [0.15, 0.2) is 0 Å². The highest BCUT2D eigenvalue weighted by molar-refractivity contribution is 5.33. The fourth-order valence-corrected chi connectivity index (χ4v) is 2.14. The Morgan fingerprint density at radius 2 is 1.85 bits per heavy atom. The largest absolute Gasteiger partial charge is 0.0767 e. The first kappa shape index (κ1) is 8.55. The zero-order chi connectivity index (χ0) is 9.10. The SMILES string of the molecule is CCCC1=CC=CC2C=CC=CC12. The Bertz CT molecular complexity index is 289. The van der Waals surface area contributed by atoms with E-state index in [9.17, 15) is 0 Å². The van der Waals surface area contributed by atoms with Crippen LogP contribution in [0.4, 0.5) is 0 Å². The molecule has 0 spiro atoms. The molecule has 0 N–H and O–H groups in total. The summed E-state index contributed by atoms with van der Waals surface area (Å²) in [5, 5.41) is 0. The first-order valence-corrected chi connectivity index (χ1v) is 5.14. The van der Waals surface area contributed by atoms with Crippen molar-refractivity contribution in [3.63, 3.8) is 0 Å². The van der Waals surface area contributed by atoms with Crippen LogP contribution in [0.3, 0.4) is 0 Å². The van der Waals surface area contributed by atoms with Gasteiger partial charge in [0.25, 0.3) is 0 Å². The van der Waals surface area contributed by atoms with Crippen LogP contribution in [0.5, 0.6) is 0 Å². The molecule has 0 saturated heterocycles. The Morgan fingerprint density at radius 1 is 1.08 bits per heavy atom. The first-order chi connectivity index (χ1) is 6.42. The van der Waals surface area contributed by atoms with Crippen LogP contribution in [0.15, 0.2) is 48.1 Å². The molecule has 0 amide bonds. The molecule has 2 rings (SSSR count). The highest BCUT2D eigenvalue weighted by Gasteiger charge is 2.21. The van der Waals surface area contributed by atoms with Crippen LogP contribution in [0.1, 0.15) is 19.8 Å². The molecule has 0 fully saturated rings. The maximum absolute atomic E-state index is 2.33. The second-order valence-corrected chi connectivity index (χ2v) is 3.75. The second-order valence-electron chi connectivity index (χ2n) is 3.75. The van der Waals surface area contributed by atoms with Crippen molar-refractivity contribution >= 4 is 0 Å².